The Morgan fingerprint density at radius 3 is 2.55 bits per heavy atom. The predicted molar refractivity (Wildman–Crippen MR) is 159 cm³/mol. The number of hydrogen-bond donors (Lipinski definition) is 4. The van der Waals surface area contributed by atoms with Crippen molar-refractivity contribution in [1.29, 1.82) is 0 Å². The van der Waals surface area contributed by atoms with E-state index >= 15 is 0 Å². The number of anilines is 2. The van der Waals surface area contributed by atoms with Crippen molar-refractivity contribution in [2.75, 3.05) is 30.8 Å². The standard InChI is InChI=1S/C31H33F2N5O4/c1-19-6-4-5-7-25(19)20(2)16-36-31(41)37-24-10-11-27(42-30(32)33)22(14-24)18-38(3)28(39)17-35-23-9-8-21-12-13-34-29(40)26(21)15-23/h4-15,20,30,35H,16-18H2,1-3H3,(H,34,40)(H2,36,37,41)/t20-/m0/s1. The lowest BCUT2D eigenvalue weighted by Crippen LogP contribution is -2.32. The van der Waals surface area contributed by atoms with E-state index in [0.717, 1.165) is 16.5 Å². The molecule has 1 heterocycles. The van der Waals surface area contributed by atoms with E-state index in [1.54, 1.807) is 30.5 Å². The molecule has 3 amide bonds. The van der Waals surface area contributed by atoms with Gasteiger partial charge in [-0.05, 0) is 65.8 Å². The van der Waals surface area contributed by atoms with Crippen LogP contribution < -0.4 is 26.2 Å². The van der Waals surface area contributed by atoms with Crippen LogP contribution in [-0.2, 0) is 11.3 Å². The summed E-state index contributed by atoms with van der Waals surface area (Å²) in [5.41, 5.74) is 3.24. The Kier molecular flexibility index (Phi) is 9.74. The molecule has 0 saturated carbocycles. The number of carbonyl (C=O) groups excluding carboxylic acids is 2. The lowest BCUT2D eigenvalue weighted by Gasteiger charge is -2.21. The Balaban J connectivity index is 1.38. The van der Waals surface area contributed by atoms with Crippen LogP contribution in [0.15, 0.2) is 77.7 Å². The second-order valence-corrected chi connectivity index (χ2v) is 10.0. The number of ether oxygens (including phenoxy) is 1. The second kappa shape index (κ2) is 13.6. The molecule has 9 nitrogen and oxygen atoms in total. The number of aromatic amines is 1. The van der Waals surface area contributed by atoms with Crippen molar-refractivity contribution < 1.29 is 23.1 Å². The number of hydrogen-bond acceptors (Lipinski definition) is 5. The summed E-state index contributed by atoms with van der Waals surface area (Å²) in [6.45, 7) is 1.20. The molecule has 11 heteroatoms. The van der Waals surface area contributed by atoms with Gasteiger partial charge in [0.05, 0.1) is 6.54 Å². The zero-order valence-electron chi connectivity index (χ0n) is 23.5. The molecule has 1 aromatic heterocycles. The van der Waals surface area contributed by atoms with Gasteiger partial charge in [0.25, 0.3) is 5.56 Å². The first kappa shape index (κ1) is 30.0. The first-order valence-corrected chi connectivity index (χ1v) is 13.4. The van der Waals surface area contributed by atoms with E-state index in [1.807, 2.05) is 38.1 Å². The van der Waals surface area contributed by atoms with Crippen LogP contribution in [0.2, 0.25) is 0 Å². The van der Waals surface area contributed by atoms with Gasteiger partial charge in [0.15, 0.2) is 0 Å². The Morgan fingerprint density at radius 2 is 1.79 bits per heavy atom. The Labute approximate surface area is 241 Å². The highest BCUT2D eigenvalue weighted by atomic mass is 19.3. The Hall–Kier alpha value is -4.93. The smallest absolute Gasteiger partial charge is 0.387 e. The fourth-order valence-electron chi connectivity index (χ4n) is 4.61. The summed E-state index contributed by atoms with van der Waals surface area (Å²) in [5.74, 6) is -0.357. The van der Waals surface area contributed by atoms with Crippen LogP contribution in [0.5, 0.6) is 5.75 Å². The molecule has 0 saturated heterocycles. The number of rotatable bonds is 11. The summed E-state index contributed by atoms with van der Waals surface area (Å²) in [4.78, 5) is 41.5. The molecule has 0 bridgehead atoms. The summed E-state index contributed by atoms with van der Waals surface area (Å²) in [5, 5.41) is 9.79. The third kappa shape index (κ3) is 7.84. The molecular weight excluding hydrogens is 544 g/mol. The number of aryl methyl sites for hydroxylation is 1. The molecule has 42 heavy (non-hydrogen) atoms. The van der Waals surface area contributed by atoms with Gasteiger partial charge in [-0.2, -0.15) is 8.78 Å². The van der Waals surface area contributed by atoms with Crippen LogP contribution in [0.4, 0.5) is 25.0 Å². The lowest BCUT2D eigenvalue weighted by molar-refractivity contribution is -0.128. The number of alkyl halides is 2. The number of carbonyl (C=O) groups is 2. The molecule has 0 aliphatic carbocycles. The van der Waals surface area contributed by atoms with E-state index in [9.17, 15) is 23.2 Å². The minimum absolute atomic E-state index is 0.0542. The van der Waals surface area contributed by atoms with Crippen LogP contribution in [-0.4, -0.2) is 48.6 Å². The zero-order valence-corrected chi connectivity index (χ0v) is 23.5. The van der Waals surface area contributed by atoms with Gasteiger partial charge in [-0.3, -0.25) is 9.59 Å². The van der Waals surface area contributed by atoms with Crippen molar-refractivity contribution in [2.45, 2.75) is 32.9 Å². The molecule has 0 aliphatic heterocycles. The van der Waals surface area contributed by atoms with Gasteiger partial charge in [0, 0.05) is 48.7 Å². The number of halogens is 2. The zero-order chi connectivity index (χ0) is 30.2. The minimum Gasteiger partial charge on any atom is -0.434 e. The van der Waals surface area contributed by atoms with Crippen molar-refractivity contribution >= 4 is 34.1 Å². The summed E-state index contributed by atoms with van der Waals surface area (Å²) in [6.07, 6.45) is 1.56. The number of nitrogens with zero attached hydrogens (tertiary/aromatic N) is 1. The highest BCUT2D eigenvalue weighted by Gasteiger charge is 2.17. The van der Waals surface area contributed by atoms with Crippen molar-refractivity contribution in [2.24, 2.45) is 0 Å². The van der Waals surface area contributed by atoms with E-state index in [2.05, 4.69) is 25.7 Å². The molecule has 4 aromatic rings. The van der Waals surface area contributed by atoms with Crippen molar-refractivity contribution in [3.63, 3.8) is 0 Å². The van der Waals surface area contributed by atoms with Gasteiger partial charge in [0.1, 0.15) is 5.75 Å². The molecule has 4 rings (SSSR count). The molecule has 4 N–H and O–H groups in total. The monoisotopic (exact) mass is 577 g/mol. The number of nitrogens with one attached hydrogen (secondary N) is 4. The quantitative estimate of drug-likeness (QED) is 0.190. The lowest BCUT2D eigenvalue weighted by atomic mass is 9.96. The summed E-state index contributed by atoms with van der Waals surface area (Å²) < 4.78 is 30.8. The number of pyridine rings is 1. The van der Waals surface area contributed by atoms with Gasteiger partial charge in [-0.25, -0.2) is 4.79 Å². The van der Waals surface area contributed by atoms with E-state index in [1.165, 1.54) is 30.1 Å². The first-order valence-electron chi connectivity index (χ1n) is 13.4. The summed E-state index contributed by atoms with van der Waals surface area (Å²) >= 11 is 0. The molecule has 3 aromatic carbocycles. The van der Waals surface area contributed by atoms with Crippen LogP contribution in [0, 0.1) is 6.92 Å². The van der Waals surface area contributed by atoms with E-state index in [4.69, 9.17) is 0 Å². The normalized spacial score (nSPS) is 11.7. The van der Waals surface area contributed by atoms with Gasteiger partial charge < -0.3 is 30.6 Å². The molecule has 0 aliphatic rings. The number of aromatic nitrogens is 1. The second-order valence-electron chi connectivity index (χ2n) is 10.0. The molecule has 0 spiro atoms. The average Bonchev–Trinajstić information content (AvgIpc) is 2.96. The molecule has 0 radical (unpaired) electrons. The van der Waals surface area contributed by atoms with E-state index < -0.39 is 12.6 Å². The molecule has 1 atom stereocenters. The number of likely N-dealkylation sites (N-methyl/N-ethyl adjacent to an activating group) is 1. The van der Waals surface area contributed by atoms with Crippen LogP contribution >= 0.6 is 0 Å². The predicted octanol–water partition coefficient (Wildman–Crippen LogP) is 5.43. The van der Waals surface area contributed by atoms with Gasteiger partial charge in [0.2, 0.25) is 5.91 Å². The van der Waals surface area contributed by atoms with Crippen LogP contribution in [0.25, 0.3) is 10.8 Å². The third-order valence-electron chi connectivity index (χ3n) is 6.87. The Bertz CT molecular complexity index is 1620. The van der Waals surface area contributed by atoms with Crippen LogP contribution in [0.1, 0.15) is 29.5 Å². The van der Waals surface area contributed by atoms with E-state index in [-0.39, 0.29) is 41.8 Å². The first-order chi connectivity index (χ1) is 20.1. The van der Waals surface area contributed by atoms with Gasteiger partial charge >= 0.3 is 12.6 Å². The largest absolute Gasteiger partial charge is 0.434 e. The van der Waals surface area contributed by atoms with Gasteiger partial charge in [-0.1, -0.05) is 37.3 Å². The molecule has 220 valence electrons. The number of amides is 3. The SMILES string of the molecule is Cc1ccccc1[C@@H](C)CNC(=O)Nc1ccc(OC(F)F)c(CN(C)C(=O)CNc2ccc3cc[nH]c(=O)c3c2)c1. The number of H-pyrrole nitrogens is 1. The summed E-state index contributed by atoms with van der Waals surface area (Å²) in [6, 6.07) is 18.7. The average molecular weight is 578 g/mol. The highest BCUT2D eigenvalue weighted by molar-refractivity contribution is 5.89. The van der Waals surface area contributed by atoms with Crippen molar-refractivity contribution in [3.05, 3.63) is 100.0 Å². The summed E-state index contributed by atoms with van der Waals surface area (Å²) in [7, 11) is 1.53. The maximum absolute atomic E-state index is 13.1. The fourth-order valence-corrected chi connectivity index (χ4v) is 4.61. The number of fused-ring (bicyclic) bond motifs is 1. The topological polar surface area (TPSA) is 116 Å². The van der Waals surface area contributed by atoms with E-state index in [0.29, 0.717) is 23.3 Å². The maximum Gasteiger partial charge on any atom is 0.387 e. The van der Waals surface area contributed by atoms with Crippen molar-refractivity contribution in [1.82, 2.24) is 15.2 Å². The fraction of sp³-hybridized carbons (Fsp3) is 0.258. The minimum atomic E-state index is -3.06. The number of urea groups is 1. The molecule has 0 fully saturated rings. The molecular formula is C31H33F2N5O4. The Morgan fingerprint density at radius 1 is 1.02 bits per heavy atom. The van der Waals surface area contributed by atoms with Crippen molar-refractivity contribution in [3.8, 4) is 5.75 Å². The number of benzene rings is 3. The molecule has 0 unspecified atom stereocenters. The highest BCUT2D eigenvalue weighted by Crippen LogP contribution is 2.26. The maximum atomic E-state index is 13.1. The van der Waals surface area contributed by atoms with Crippen LogP contribution in [0.3, 0.4) is 0 Å². The van der Waals surface area contributed by atoms with Gasteiger partial charge in [-0.15, -0.1) is 0 Å². The third-order valence-corrected chi connectivity index (χ3v) is 6.87.